The van der Waals surface area contributed by atoms with Crippen LogP contribution in [0, 0.1) is 5.82 Å². The van der Waals surface area contributed by atoms with Crippen LogP contribution in [0.3, 0.4) is 0 Å². The van der Waals surface area contributed by atoms with Crippen molar-refractivity contribution in [3.63, 3.8) is 0 Å². The van der Waals surface area contributed by atoms with E-state index < -0.39 is 18.4 Å². The van der Waals surface area contributed by atoms with Crippen molar-refractivity contribution < 1.29 is 18.6 Å². The lowest BCUT2D eigenvalue weighted by Crippen LogP contribution is -1.92. The third-order valence-corrected chi connectivity index (χ3v) is 1.98. The van der Waals surface area contributed by atoms with Crippen molar-refractivity contribution in [3.05, 3.63) is 22.4 Å². The molecule has 0 fully saturated rings. The van der Waals surface area contributed by atoms with Gasteiger partial charge in [-0.05, 0) is 28.1 Å². The van der Waals surface area contributed by atoms with E-state index in [1.807, 2.05) is 0 Å². The van der Waals surface area contributed by atoms with Crippen molar-refractivity contribution in [1.29, 1.82) is 0 Å². The average molecular weight is 239 g/mol. The lowest BCUT2D eigenvalue weighted by molar-refractivity contribution is 0.189. The Kier molecular flexibility index (Phi) is 2.86. The van der Waals surface area contributed by atoms with Gasteiger partial charge in [-0.2, -0.15) is 0 Å². The predicted octanol–water partition coefficient (Wildman–Crippen LogP) is 2.60. The van der Waals surface area contributed by atoms with Gasteiger partial charge in [0.25, 0.3) is 0 Å². The molecule has 0 bridgehead atoms. The van der Waals surface area contributed by atoms with Gasteiger partial charge in [0.1, 0.15) is 5.75 Å². The molecule has 0 saturated heterocycles. The minimum atomic E-state index is -1.04. The number of phenols is 1. The molecule has 1 aromatic carbocycles. The highest BCUT2D eigenvalue weighted by molar-refractivity contribution is 9.10. The maximum absolute atomic E-state index is 12.8. The summed E-state index contributed by atoms with van der Waals surface area (Å²) in [5.41, 5.74) is 0. The lowest BCUT2D eigenvalue weighted by atomic mass is 10.3. The smallest absolute Gasteiger partial charge is 0.228 e. The summed E-state index contributed by atoms with van der Waals surface area (Å²) >= 11 is 2.81. The quantitative estimate of drug-likeness (QED) is 0.859. The molecule has 2 nitrogen and oxygen atoms in total. The average Bonchev–Trinajstić information content (AvgIpc) is 2.07. The number of halogens is 3. The zero-order valence-electron chi connectivity index (χ0n) is 5.85. The molecule has 0 unspecified atom stereocenters. The van der Waals surface area contributed by atoms with Gasteiger partial charge in [-0.3, -0.25) is 0 Å². The van der Waals surface area contributed by atoms with Gasteiger partial charge in [-0.25, -0.2) is 8.78 Å². The van der Waals surface area contributed by atoms with Crippen LogP contribution in [0.15, 0.2) is 16.6 Å². The number of benzene rings is 1. The molecule has 0 aliphatic rings. The van der Waals surface area contributed by atoms with Crippen LogP contribution in [0.1, 0.15) is 0 Å². The normalized spacial score (nSPS) is 9.92. The van der Waals surface area contributed by atoms with Gasteiger partial charge >= 0.3 is 0 Å². The van der Waals surface area contributed by atoms with Crippen molar-refractivity contribution in [3.8, 4) is 11.5 Å². The highest BCUT2D eigenvalue weighted by Crippen LogP contribution is 2.32. The van der Waals surface area contributed by atoms with Crippen molar-refractivity contribution in [1.82, 2.24) is 0 Å². The summed E-state index contributed by atoms with van der Waals surface area (Å²) in [6.45, 7) is -1.04. The minimum Gasteiger partial charge on any atom is -0.505 e. The van der Waals surface area contributed by atoms with Crippen molar-refractivity contribution in [2.75, 3.05) is 6.86 Å². The molecule has 0 atom stereocenters. The van der Waals surface area contributed by atoms with Crippen LogP contribution in [0.4, 0.5) is 8.78 Å². The van der Waals surface area contributed by atoms with Gasteiger partial charge in [0.05, 0.1) is 4.47 Å². The van der Waals surface area contributed by atoms with Crippen LogP contribution in [0.2, 0.25) is 0 Å². The Balaban J connectivity index is 3.08. The SMILES string of the molecule is Oc1ccc(OCF)c(Br)c1F. The molecule has 0 aromatic heterocycles. The van der Waals surface area contributed by atoms with Gasteiger partial charge in [-0.15, -0.1) is 0 Å². The molecule has 1 rings (SSSR count). The summed E-state index contributed by atoms with van der Waals surface area (Å²) in [4.78, 5) is 0. The molecular formula is C7H5BrF2O2. The van der Waals surface area contributed by atoms with Crippen molar-refractivity contribution in [2.24, 2.45) is 0 Å². The van der Waals surface area contributed by atoms with E-state index in [-0.39, 0.29) is 10.2 Å². The van der Waals surface area contributed by atoms with Crippen LogP contribution in [-0.2, 0) is 0 Å². The second kappa shape index (κ2) is 3.71. The highest BCUT2D eigenvalue weighted by atomic mass is 79.9. The van der Waals surface area contributed by atoms with E-state index in [9.17, 15) is 8.78 Å². The third kappa shape index (κ3) is 1.66. The molecule has 0 aliphatic heterocycles. The first-order valence-electron chi connectivity index (χ1n) is 3.02. The molecule has 0 radical (unpaired) electrons. The van der Waals surface area contributed by atoms with E-state index in [2.05, 4.69) is 20.7 Å². The predicted molar refractivity (Wildman–Crippen MR) is 42.4 cm³/mol. The van der Waals surface area contributed by atoms with Crippen molar-refractivity contribution >= 4 is 15.9 Å². The van der Waals surface area contributed by atoms with Gasteiger partial charge in [-0.1, -0.05) is 0 Å². The first-order valence-corrected chi connectivity index (χ1v) is 3.82. The van der Waals surface area contributed by atoms with Crippen LogP contribution in [-0.4, -0.2) is 12.0 Å². The second-order valence-electron chi connectivity index (χ2n) is 1.96. The summed E-state index contributed by atoms with van der Waals surface area (Å²) < 4.78 is 28.8. The van der Waals surface area contributed by atoms with Crippen molar-refractivity contribution in [2.45, 2.75) is 0 Å². The fourth-order valence-corrected chi connectivity index (χ4v) is 1.14. The minimum absolute atomic E-state index is 0.0211. The number of hydrogen-bond acceptors (Lipinski definition) is 2. The largest absolute Gasteiger partial charge is 0.505 e. The van der Waals surface area contributed by atoms with E-state index >= 15 is 0 Å². The number of rotatable bonds is 2. The Morgan fingerprint density at radius 1 is 1.50 bits per heavy atom. The molecule has 1 aromatic rings. The number of ether oxygens (including phenoxy) is 1. The summed E-state index contributed by atoms with van der Waals surface area (Å²) in [5, 5.41) is 8.84. The first kappa shape index (κ1) is 9.25. The van der Waals surface area contributed by atoms with Crippen LogP contribution >= 0.6 is 15.9 Å². The summed E-state index contributed by atoms with van der Waals surface area (Å²) in [6, 6.07) is 2.35. The van der Waals surface area contributed by atoms with Crippen LogP contribution in [0.5, 0.6) is 11.5 Å². The van der Waals surface area contributed by atoms with E-state index in [0.717, 1.165) is 6.07 Å². The molecular weight excluding hydrogens is 234 g/mol. The third-order valence-electron chi connectivity index (χ3n) is 1.24. The maximum atomic E-state index is 12.8. The number of alkyl halides is 1. The Labute approximate surface area is 75.9 Å². The molecule has 0 amide bonds. The molecule has 0 saturated carbocycles. The van der Waals surface area contributed by atoms with E-state index in [4.69, 9.17) is 5.11 Å². The van der Waals surface area contributed by atoms with Gasteiger partial charge in [0.15, 0.2) is 11.6 Å². The summed E-state index contributed by atoms with van der Waals surface area (Å²) in [5.74, 6) is -1.35. The molecule has 0 heterocycles. The van der Waals surface area contributed by atoms with E-state index in [1.54, 1.807) is 0 Å². The zero-order chi connectivity index (χ0) is 9.14. The number of aromatic hydroxyl groups is 1. The molecule has 0 aliphatic carbocycles. The number of hydrogen-bond donors (Lipinski definition) is 1. The maximum Gasteiger partial charge on any atom is 0.228 e. The first-order chi connectivity index (χ1) is 5.66. The highest BCUT2D eigenvalue weighted by Gasteiger charge is 2.10. The fourth-order valence-electron chi connectivity index (χ4n) is 0.692. The van der Waals surface area contributed by atoms with Gasteiger partial charge in [0.2, 0.25) is 6.86 Å². The Morgan fingerprint density at radius 2 is 2.17 bits per heavy atom. The van der Waals surface area contributed by atoms with Gasteiger partial charge < -0.3 is 9.84 Å². The summed E-state index contributed by atoms with van der Waals surface area (Å²) in [6.07, 6.45) is 0. The monoisotopic (exact) mass is 238 g/mol. The van der Waals surface area contributed by atoms with Crippen LogP contribution in [0.25, 0.3) is 0 Å². The Bertz CT molecular complexity index is 291. The molecule has 1 N–H and O–H groups in total. The number of phenolic OH excluding ortho intramolecular Hbond substituents is 1. The van der Waals surface area contributed by atoms with Crippen LogP contribution < -0.4 is 4.74 Å². The van der Waals surface area contributed by atoms with Gasteiger partial charge in [0, 0.05) is 0 Å². The lowest BCUT2D eigenvalue weighted by Gasteiger charge is -2.05. The molecule has 5 heteroatoms. The summed E-state index contributed by atoms with van der Waals surface area (Å²) in [7, 11) is 0. The zero-order valence-corrected chi connectivity index (χ0v) is 7.44. The molecule has 0 spiro atoms. The van der Waals surface area contributed by atoms with E-state index in [1.165, 1.54) is 6.07 Å². The van der Waals surface area contributed by atoms with E-state index in [0.29, 0.717) is 0 Å². The molecule has 66 valence electrons. The molecule has 12 heavy (non-hydrogen) atoms. The Hall–Kier alpha value is -0.840. The standard InChI is InChI=1S/C7H5BrF2O2/c8-6-5(12-3-9)2-1-4(11)7(6)10/h1-2,11H,3H2. The Morgan fingerprint density at radius 3 is 2.75 bits per heavy atom. The topological polar surface area (TPSA) is 29.5 Å². The fraction of sp³-hybridized carbons (Fsp3) is 0.143. The second-order valence-corrected chi connectivity index (χ2v) is 2.76.